The van der Waals surface area contributed by atoms with Crippen LogP contribution < -0.4 is 19.6 Å². The fraction of sp³-hybridized carbons (Fsp3) is 0.227. The number of nitrogens with zero attached hydrogens (tertiary/aromatic N) is 2. The van der Waals surface area contributed by atoms with Crippen LogP contribution in [0, 0.1) is 13.8 Å². The first-order chi connectivity index (χ1) is 14.5. The minimum Gasteiger partial charge on any atom is -0.493 e. The Labute approximate surface area is 174 Å². The monoisotopic (exact) mass is 408 g/mol. The molecule has 8 nitrogen and oxygen atoms in total. The molecule has 2 aromatic carbocycles. The normalized spacial score (nSPS) is 10.8. The van der Waals surface area contributed by atoms with E-state index in [1.807, 2.05) is 25.1 Å². The maximum absolute atomic E-state index is 12.4. The largest absolute Gasteiger partial charge is 0.493 e. The molecule has 0 radical (unpaired) electrons. The molecule has 0 aliphatic carbocycles. The van der Waals surface area contributed by atoms with Crippen molar-refractivity contribution in [2.75, 3.05) is 21.3 Å². The minimum absolute atomic E-state index is 0.310. The van der Waals surface area contributed by atoms with E-state index in [4.69, 9.17) is 14.2 Å². The zero-order chi connectivity index (χ0) is 21.7. The smallest absolute Gasteiger partial charge is 0.289 e. The van der Waals surface area contributed by atoms with Gasteiger partial charge in [-0.1, -0.05) is 12.1 Å². The van der Waals surface area contributed by atoms with Crippen molar-refractivity contribution in [1.29, 1.82) is 0 Å². The third-order valence-electron chi connectivity index (χ3n) is 4.69. The molecule has 0 atom stereocenters. The van der Waals surface area contributed by atoms with E-state index in [0.29, 0.717) is 34.2 Å². The highest BCUT2D eigenvalue weighted by Crippen LogP contribution is 2.37. The second-order valence-corrected chi connectivity index (χ2v) is 6.62. The van der Waals surface area contributed by atoms with Crippen LogP contribution in [0.4, 0.5) is 0 Å². The van der Waals surface area contributed by atoms with Gasteiger partial charge in [-0.3, -0.25) is 9.89 Å². The number of H-pyrrole nitrogens is 1. The molecule has 3 aromatic rings. The van der Waals surface area contributed by atoms with Gasteiger partial charge in [0.2, 0.25) is 5.75 Å². The first kappa shape index (κ1) is 20.9. The summed E-state index contributed by atoms with van der Waals surface area (Å²) in [5.41, 5.74) is 7.46. The summed E-state index contributed by atoms with van der Waals surface area (Å²) in [5, 5.41) is 11.0. The van der Waals surface area contributed by atoms with Crippen LogP contribution in [0.2, 0.25) is 0 Å². The highest BCUT2D eigenvalue weighted by molar-refractivity contribution is 5.94. The number of aromatic nitrogens is 2. The first-order valence-electron chi connectivity index (χ1n) is 9.23. The maximum atomic E-state index is 12.4. The molecule has 2 N–H and O–H groups in total. The standard InChI is InChI=1S/C22H24N4O4/c1-13-6-7-16(8-14(13)2)17-11-18(25-24-17)22(27)26-23-12-15-9-19(28-3)21(30-5)20(10-15)29-4/h6-12H,1-5H3,(H,24,25)(H,26,27)/b23-12-. The Morgan fingerprint density at radius 1 is 1.00 bits per heavy atom. The summed E-state index contributed by atoms with van der Waals surface area (Å²) in [6, 6.07) is 11.2. The van der Waals surface area contributed by atoms with Gasteiger partial charge < -0.3 is 14.2 Å². The molecule has 0 aliphatic heterocycles. The molecule has 0 aliphatic rings. The number of hydrogen-bond acceptors (Lipinski definition) is 6. The van der Waals surface area contributed by atoms with Crippen LogP contribution in [-0.4, -0.2) is 43.6 Å². The molecule has 0 unspecified atom stereocenters. The molecule has 30 heavy (non-hydrogen) atoms. The Hall–Kier alpha value is -3.81. The number of hydrazone groups is 1. The van der Waals surface area contributed by atoms with Crippen LogP contribution >= 0.6 is 0 Å². The number of methoxy groups -OCH3 is 3. The summed E-state index contributed by atoms with van der Waals surface area (Å²) >= 11 is 0. The fourth-order valence-electron chi connectivity index (χ4n) is 2.89. The highest BCUT2D eigenvalue weighted by Gasteiger charge is 2.13. The number of benzene rings is 2. The number of nitrogens with one attached hydrogen (secondary N) is 2. The van der Waals surface area contributed by atoms with Crippen LogP contribution in [0.15, 0.2) is 41.5 Å². The summed E-state index contributed by atoms with van der Waals surface area (Å²) in [4.78, 5) is 12.4. The molecule has 1 heterocycles. The van der Waals surface area contributed by atoms with E-state index < -0.39 is 5.91 Å². The first-order valence-corrected chi connectivity index (χ1v) is 9.23. The van der Waals surface area contributed by atoms with Crippen molar-refractivity contribution < 1.29 is 19.0 Å². The van der Waals surface area contributed by atoms with Crippen LogP contribution in [0.25, 0.3) is 11.3 Å². The average molecular weight is 408 g/mol. The summed E-state index contributed by atoms with van der Waals surface area (Å²) in [6.45, 7) is 4.09. The van der Waals surface area contributed by atoms with Crippen molar-refractivity contribution >= 4 is 12.1 Å². The van der Waals surface area contributed by atoms with Gasteiger partial charge in [0.1, 0.15) is 5.69 Å². The molecular weight excluding hydrogens is 384 g/mol. The predicted octanol–water partition coefficient (Wildman–Crippen LogP) is 3.48. The number of aromatic amines is 1. The number of carbonyl (C=O) groups excluding carboxylic acids is 1. The molecule has 1 aromatic heterocycles. The summed E-state index contributed by atoms with van der Waals surface area (Å²) in [6.07, 6.45) is 1.49. The van der Waals surface area contributed by atoms with Gasteiger partial charge in [-0.25, -0.2) is 5.43 Å². The highest BCUT2D eigenvalue weighted by atomic mass is 16.5. The van der Waals surface area contributed by atoms with Gasteiger partial charge in [0.05, 0.1) is 33.2 Å². The Balaban J connectivity index is 1.72. The molecule has 8 heteroatoms. The fourth-order valence-corrected chi connectivity index (χ4v) is 2.89. The Kier molecular flexibility index (Phi) is 6.36. The quantitative estimate of drug-likeness (QED) is 0.461. The summed E-state index contributed by atoms with van der Waals surface area (Å²) < 4.78 is 15.9. The van der Waals surface area contributed by atoms with Crippen LogP contribution in [0.5, 0.6) is 17.2 Å². The van der Waals surface area contributed by atoms with E-state index in [9.17, 15) is 4.79 Å². The molecular formula is C22H24N4O4. The van der Waals surface area contributed by atoms with E-state index >= 15 is 0 Å². The van der Waals surface area contributed by atoms with Crippen LogP contribution in [0.1, 0.15) is 27.2 Å². The van der Waals surface area contributed by atoms with Gasteiger partial charge in [0.15, 0.2) is 11.5 Å². The van der Waals surface area contributed by atoms with Crippen molar-refractivity contribution in [3.05, 3.63) is 58.8 Å². The van der Waals surface area contributed by atoms with E-state index in [0.717, 1.165) is 11.1 Å². The molecule has 0 bridgehead atoms. The molecule has 3 rings (SSSR count). The third-order valence-corrected chi connectivity index (χ3v) is 4.69. The molecule has 0 saturated heterocycles. The number of aryl methyl sites for hydroxylation is 2. The molecule has 0 fully saturated rings. The second-order valence-electron chi connectivity index (χ2n) is 6.62. The number of carbonyl (C=O) groups is 1. The zero-order valence-electron chi connectivity index (χ0n) is 17.6. The zero-order valence-corrected chi connectivity index (χ0v) is 17.6. The lowest BCUT2D eigenvalue weighted by atomic mass is 10.0. The lowest BCUT2D eigenvalue weighted by Crippen LogP contribution is -2.18. The maximum Gasteiger partial charge on any atom is 0.289 e. The van der Waals surface area contributed by atoms with Gasteiger partial charge in [-0.05, 0) is 49.2 Å². The van der Waals surface area contributed by atoms with E-state index in [1.54, 1.807) is 18.2 Å². The molecule has 156 valence electrons. The topological polar surface area (TPSA) is 97.8 Å². The van der Waals surface area contributed by atoms with Gasteiger partial charge in [-0.15, -0.1) is 0 Å². The summed E-state index contributed by atoms with van der Waals surface area (Å²) in [5.74, 6) is 1.08. The Morgan fingerprint density at radius 2 is 1.70 bits per heavy atom. The average Bonchev–Trinajstić information content (AvgIpc) is 3.25. The van der Waals surface area contributed by atoms with Crippen molar-refractivity contribution in [3.63, 3.8) is 0 Å². The SMILES string of the molecule is COc1cc(/C=N\NC(=O)c2cc(-c3ccc(C)c(C)c3)n[nH]2)cc(OC)c1OC. The van der Waals surface area contributed by atoms with Gasteiger partial charge >= 0.3 is 0 Å². The lowest BCUT2D eigenvalue weighted by molar-refractivity contribution is 0.0950. The van der Waals surface area contributed by atoms with Gasteiger partial charge in [0.25, 0.3) is 5.91 Å². The van der Waals surface area contributed by atoms with Crippen molar-refractivity contribution in [2.45, 2.75) is 13.8 Å². The predicted molar refractivity (Wildman–Crippen MR) is 115 cm³/mol. The molecule has 1 amide bonds. The number of amides is 1. The number of rotatable bonds is 7. The van der Waals surface area contributed by atoms with Crippen molar-refractivity contribution in [3.8, 4) is 28.5 Å². The number of ether oxygens (including phenoxy) is 3. The molecule has 0 saturated carbocycles. The number of hydrogen-bond donors (Lipinski definition) is 2. The van der Waals surface area contributed by atoms with Crippen LogP contribution in [-0.2, 0) is 0 Å². The van der Waals surface area contributed by atoms with E-state index in [-0.39, 0.29) is 0 Å². The van der Waals surface area contributed by atoms with Gasteiger partial charge in [-0.2, -0.15) is 10.2 Å². The van der Waals surface area contributed by atoms with E-state index in [2.05, 4.69) is 27.6 Å². The van der Waals surface area contributed by atoms with Crippen LogP contribution in [0.3, 0.4) is 0 Å². The van der Waals surface area contributed by atoms with Crippen molar-refractivity contribution in [2.24, 2.45) is 5.10 Å². The minimum atomic E-state index is -0.402. The summed E-state index contributed by atoms with van der Waals surface area (Å²) in [7, 11) is 4.60. The third kappa shape index (κ3) is 4.43. The lowest BCUT2D eigenvalue weighted by Gasteiger charge is -2.12. The second kappa shape index (κ2) is 9.13. The Bertz CT molecular complexity index is 1060. The van der Waals surface area contributed by atoms with Crippen molar-refractivity contribution in [1.82, 2.24) is 15.6 Å². The molecule has 0 spiro atoms. The van der Waals surface area contributed by atoms with E-state index in [1.165, 1.54) is 33.1 Å². The van der Waals surface area contributed by atoms with Gasteiger partial charge in [0, 0.05) is 11.1 Å². The Morgan fingerprint density at radius 3 is 2.30 bits per heavy atom.